The fraction of sp³-hybridized carbons (Fsp3) is 0.500. The number of carbonyl (C=O) groups excluding carboxylic acids is 2. The number of ether oxygens (including phenoxy) is 2. The Hall–Kier alpha value is -2.04. The van der Waals surface area contributed by atoms with Crippen LogP contribution < -0.4 is 5.32 Å². The van der Waals surface area contributed by atoms with Crippen LogP contribution in [0.4, 0.5) is 4.79 Å². The molecule has 0 aliphatic heterocycles. The quantitative estimate of drug-likeness (QED) is 0.591. The first-order chi connectivity index (χ1) is 10.2. The summed E-state index contributed by atoms with van der Waals surface area (Å²) in [6, 6.07) is 8.73. The molecule has 0 aliphatic carbocycles. The Labute approximate surface area is 125 Å². The molecule has 5 heteroatoms. The first-order valence-electron chi connectivity index (χ1n) is 7.22. The van der Waals surface area contributed by atoms with Crippen LogP contribution in [0.25, 0.3) is 0 Å². The number of hydrogen-bond donors (Lipinski definition) is 1. The monoisotopic (exact) mass is 293 g/mol. The molecule has 0 bridgehead atoms. The van der Waals surface area contributed by atoms with Gasteiger partial charge in [-0.1, -0.05) is 50.1 Å². The fourth-order valence-electron chi connectivity index (χ4n) is 1.87. The number of amides is 1. The second-order valence-corrected chi connectivity index (χ2v) is 4.75. The van der Waals surface area contributed by atoms with Crippen LogP contribution in [0.1, 0.15) is 31.7 Å². The summed E-state index contributed by atoms with van der Waals surface area (Å²) in [6.45, 7) is 2.46. The van der Waals surface area contributed by atoms with E-state index < -0.39 is 18.1 Å². The molecule has 0 spiro atoms. The number of methoxy groups -OCH3 is 1. The summed E-state index contributed by atoms with van der Waals surface area (Å²) in [7, 11) is 1.27. The SMILES string of the molecule is CCCCCOC(=O)[C@H](Cc1ccccc1)NC(=O)OC. The van der Waals surface area contributed by atoms with Crippen LogP contribution in [0.5, 0.6) is 0 Å². The van der Waals surface area contributed by atoms with E-state index in [2.05, 4.69) is 17.0 Å². The van der Waals surface area contributed by atoms with Gasteiger partial charge in [-0.05, 0) is 12.0 Å². The Morgan fingerprint density at radius 3 is 2.52 bits per heavy atom. The smallest absolute Gasteiger partial charge is 0.407 e. The zero-order chi connectivity index (χ0) is 15.5. The molecule has 1 rings (SSSR count). The molecule has 116 valence electrons. The zero-order valence-corrected chi connectivity index (χ0v) is 12.6. The molecular formula is C16H23NO4. The number of benzene rings is 1. The first kappa shape index (κ1) is 17.0. The third kappa shape index (κ3) is 6.79. The topological polar surface area (TPSA) is 64.6 Å². The molecule has 1 N–H and O–H groups in total. The van der Waals surface area contributed by atoms with Crippen molar-refractivity contribution in [2.45, 2.75) is 38.6 Å². The van der Waals surface area contributed by atoms with Gasteiger partial charge in [-0.2, -0.15) is 0 Å². The van der Waals surface area contributed by atoms with E-state index >= 15 is 0 Å². The highest BCUT2D eigenvalue weighted by molar-refractivity contribution is 5.81. The van der Waals surface area contributed by atoms with E-state index in [4.69, 9.17) is 4.74 Å². The summed E-state index contributed by atoms with van der Waals surface area (Å²) in [5, 5.41) is 2.52. The van der Waals surface area contributed by atoms with Crippen molar-refractivity contribution in [2.24, 2.45) is 0 Å². The molecule has 0 radical (unpaired) electrons. The highest BCUT2D eigenvalue weighted by Gasteiger charge is 2.22. The lowest BCUT2D eigenvalue weighted by molar-refractivity contribution is -0.146. The standard InChI is InChI=1S/C16H23NO4/c1-3-4-8-11-21-15(18)14(17-16(19)20-2)12-13-9-6-5-7-10-13/h5-7,9-10,14H,3-4,8,11-12H2,1-2H3,(H,17,19)/t14-/m0/s1. The maximum Gasteiger partial charge on any atom is 0.407 e. The average Bonchev–Trinajstić information content (AvgIpc) is 2.51. The molecule has 1 aromatic carbocycles. The lowest BCUT2D eigenvalue weighted by atomic mass is 10.1. The van der Waals surface area contributed by atoms with E-state index in [0.29, 0.717) is 13.0 Å². The summed E-state index contributed by atoms with van der Waals surface area (Å²) in [5.74, 6) is -0.430. The van der Waals surface area contributed by atoms with Crippen LogP contribution in [-0.4, -0.2) is 31.8 Å². The maximum absolute atomic E-state index is 12.1. The zero-order valence-electron chi connectivity index (χ0n) is 12.6. The molecule has 5 nitrogen and oxygen atoms in total. The van der Waals surface area contributed by atoms with Crippen molar-refractivity contribution in [2.75, 3.05) is 13.7 Å². The molecule has 1 amide bonds. The van der Waals surface area contributed by atoms with Crippen LogP contribution in [0.3, 0.4) is 0 Å². The van der Waals surface area contributed by atoms with Gasteiger partial charge in [0.1, 0.15) is 6.04 Å². The summed E-state index contributed by atoms with van der Waals surface area (Å²) in [4.78, 5) is 23.4. The minimum absolute atomic E-state index is 0.376. The molecule has 0 saturated heterocycles. The van der Waals surface area contributed by atoms with Crippen LogP contribution in [0.2, 0.25) is 0 Å². The fourth-order valence-corrected chi connectivity index (χ4v) is 1.87. The highest BCUT2D eigenvalue weighted by Crippen LogP contribution is 2.06. The van der Waals surface area contributed by atoms with Gasteiger partial charge in [0, 0.05) is 6.42 Å². The van der Waals surface area contributed by atoms with Crippen molar-refractivity contribution < 1.29 is 19.1 Å². The highest BCUT2D eigenvalue weighted by atomic mass is 16.5. The van der Waals surface area contributed by atoms with Crippen molar-refractivity contribution in [3.05, 3.63) is 35.9 Å². The summed E-state index contributed by atoms with van der Waals surface area (Å²) in [6.07, 6.45) is 2.65. The molecule has 0 fully saturated rings. The molecular weight excluding hydrogens is 270 g/mol. The number of hydrogen-bond acceptors (Lipinski definition) is 4. The number of esters is 1. The number of rotatable bonds is 8. The van der Waals surface area contributed by atoms with E-state index in [-0.39, 0.29) is 0 Å². The van der Waals surface area contributed by atoms with Gasteiger partial charge in [-0.15, -0.1) is 0 Å². The predicted molar refractivity (Wildman–Crippen MR) is 80.0 cm³/mol. The second kappa shape index (κ2) is 9.80. The van der Waals surface area contributed by atoms with E-state index in [1.165, 1.54) is 7.11 Å². The lowest BCUT2D eigenvalue weighted by Gasteiger charge is -2.17. The van der Waals surface area contributed by atoms with Gasteiger partial charge in [-0.25, -0.2) is 9.59 Å². The summed E-state index contributed by atoms with van der Waals surface area (Å²) in [5.41, 5.74) is 0.949. The maximum atomic E-state index is 12.1. The first-order valence-corrected chi connectivity index (χ1v) is 7.22. The summed E-state index contributed by atoms with van der Waals surface area (Å²) >= 11 is 0. The molecule has 0 unspecified atom stereocenters. The lowest BCUT2D eigenvalue weighted by Crippen LogP contribution is -2.43. The van der Waals surface area contributed by atoms with Gasteiger partial charge < -0.3 is 14.8 Å². The molecule has 21 heavy (non-hydrogen) atoms. The van der Waals surface area contributed by atoms with Gasteiger partial charge in [0.15, 0.2) is 0 Å². The molecule has 0 aromatic heterocycles. The van der Waals surface area contributed by atoms with Gasteiger partial charge in [-0.3, -0.25) is 0 Å². The predicted octanol–water partition coefficient (Wildman–Crippen LogP) is 2.69. The molecule has 0 aliphatic rings. The number of nitrogens with one attached hydrogen (secondary N) is 1. The van der Waals surface area contributed by atoms with E-state index in [1.807, 2.05) is 30.3 Å². The van der Waals surface area contributed by atoms with Gasteiger partial charge >= 0.3 is 12.1 Å². The van der Waals surface area contributed by atoms with E-state index in [9.17, 15) is 9.59 Å². The minimum atomic E-state index is -0.735. The molecule has 1 atom stereocenters. The minimum Gasteiger partial charge on any atom is -0.464 e. The van der Waals surface area contributed by atoms with E-state index in [0.717, 1.165) is 24.8 Å². The van der Waals surface area contributed by atoms with Crippen molar-refractivity contribution in [1.29, 1.82) is 0 Å². The van der Waals surface area contributed by atoms with Crippen molar-refractivity contribution in [1.82, 2.24) is 5.32 Å². The van der Waals surface area contributed by atoms with Crippen molar-refractivity contribution in [3.8, 4) is 0 Å². The average molecular weight is 293 g/mol. The Bertz CT molecular complexity index is 433. The number of carbonyl (C=O) groups is 2. The van der Waals surface area contributed by atoms with Crippen LogP contribution in [-0.2, 0) is 20.7 Å². The Balaban J connectivity index is 2.58. The van der Waals surface area contributed by atoms with Crippen LogP contribution >= 0.6 is 0 Å². The molecule has 0 saturated carbocycles. The number of unbranched alkanes of at least 4 members (excludes halogenated alkanes) is 2. The third-order valence-electron chi connectivity index (χ3n) is 3.04. The Kier molecular flexibility index (Phi) is 7.94. The Morgan fingerprint density at radius 1 is 1.19 bits per heavy atom. The number of alkyl carbamates (subject to hydrolysis) is 1. The van der Waals surface area contributed by atoms with Gasteiger partial charge in [0.25, 0.3) is 0 Å². The van der Waals surface area contributed by atoms with E-state index in [1.54, 1.807) is 0 Å². The van der Waals surface area contributed by atoms with Crippen molar-refractivity contribution in [3.63, 3.8) is 0 Å². The van der Waals surface area contributed by atoms with Crippen LogP contribution in [0.15, 0.2) is 30.3 Å². The normalized spacial score (nSPS) is 11.5. The van der Waals surface area contributed by atoms with Crippen molar-refractivity contribution >= 4 is 12.1 Å². The van der Waals surface area contributed by atoms with Crippen LogP contribution in [0, 0.1) is 0 Å². The summed E-state index contributed by atoms with van der Waals surface area (Å²) < 4.78 is 9.77. The third-order valence-corrected chi connectivity index (χ3v) is 3.04. The van der Waals surface area contributed by atoms with Gasteiger partial charge in [0.05, 0.1) is 13.7 Å². The largest absolute Gasteiger partial charge is 0.464 e. The second-order valence-electron chi connectivity index (χ2n) is 4.75. The van der Waals surface area contributed by atoms with Gasteiger partial charge in [0.2, 0.25) is 0 Å². The molecule has 0 heterocycles. The Morgan fingerprint density at radius 2 is 1.90 bits per heavy atom. The molecule has 1 aromatic rings.